The fourth-order valence-corrected chi connectivity index (χ4v) is 3.49. The molecule has 0 bridgehead atoms. The van der Waals surface area contributed by atoms with Gasteiger partial charge in [0.25, 0.3) is 0 Å². The minimum absolute atomic E-state index is 0.217. The van der Waals surface area contributed by atoms with Crippen LogP contribution in [0.1, 0.15) is 47.7 Å². The summed E-state index contributed by atoms with van der Waals surface area (Å²) >= 11 is 1.47. The molecule has 3 aromatic heterocycles. The molecule has 140 valence electrons. The zero-order chi connectivity index (χ0) is 19.4. The molecule has 0 amide bonds. The number of esters is 1. The monoisotopic (exact) mass is 382 g/mol. The number of nitrogens with zero attached hydrogens (tertiary/aromatic N) is 3. The molecule has 7 heteroatoms. The first-order valence-corrected chi connectivity index (χ1v) is 9.64. The third kappa shape index (κ3) is 4.49. The topological polar surface area (TPSA) is 77.0 Å². The van der Waals surface area contributed by atoms with Crippen LogP contribution in [0.5, 0.6) is 0 Å². The van der Waals surface area contributed by atoms with Crippen LogP contribution in [0.4, 0.5) is 11.6 Å². The lowest BCUT2D eigenvalue weighted by Crippen LogP contribution is -2.07. The van der Waals surface area contributed by atoms with E-state index in [4.69, 9.17) is 4.74 Å². The van der Waals surface area contributed by atoms with E-state index in [1.165, 1.54) is 11.3 Å². The van der Waals surface area contributed by atoms with E-state index in [1.807, 2.05) is 51.1 Å². The lowest BCUT2D eigenvalue weighted by molar-refractivity contribution is 0.0521. The van der Waals surface area contributed by atoms with Crippen molar-refractivity contribution >= 4 is 28.9 Å². The van der Waals surface area contributed by atoms with Gasteiger partial charge in [-0.3, -0.25) is 0 Å². The van der Waals surface area contributed by atoms with Crippen LogP contribution in [0.2, 0.25) is 0 Å². The fourth-order valence-electron chi connectivity index (χ4n) is 2.46. The van der Waals surface area contributed by atoms with Gasteiger partial charge in [-0.2, -0.15) is 0 Å². The van der Waals surface area contributed by atoms with Gasteiger partial charge in [-0.15, -0.1) is 11.3 Å². The number of aryl methyl sites for hydroxylation is 1. The van der Waals surface area contributed by atoms with E-state index in [9.17, 15) is 4.79 Å². The molecule has 3 aromatic rings. The van der Waals surface area contributed by atoms with Gasteiger partial charge in [0.05, 0.1) is 22.2 Å². The maximum Gasteiger partial charge on any atom is 0.358 e. The molecule has 1 N–H and O–H groups in total. The van der Waals surface area contributed by atoms with Gasteiger partial charge in [0, 0.05) is 12.1 Å². The van der Waals surface area contributed by atoms with Crippen LogP contribution in [0.25, 0.3) is 10.6 Å². The van der Waals surface area contributed by atoms with Gasteiger partial charge < -0.3 is 10.1 Å². The summed E-state index contributed by atoms with van der Waals surface area (Å²) < 4.78 is 5.17. The maximum absolute atomic E-state index is 12.4. The third-order valence-corrected chi connectivity index (χ3v) is 5.14. The van der Waals surface area contributed by atoms with Gasteiger partial charge in [0.2, 0.25) is 0 Å². The summed E-state index contributed by atoms with van der Waals surface area (Å²) in [5.74, 6) is 1.17. The van der Waals surface area contributed by atoms with Crippen molar-refractivity contribution in [2.45, 2.75) is 33.6 Å². The summed E-state index contributed by atoms with van der Waals surface area (Å²) in [7, 11) is 0. The molecule has 0 aliphatic rings. The van der Waals surface area contributed by atoms with Crippen molar-refractivity contribution in [2.75, 3.05) is 11.9 Å². The molecule has 0 atom stereocenters. The van der Waals surface area contributed by atoms with E-state index in [1.54, 1.807) is 13.1 Å². The van der Waals surface area contributed by atoms with Crippen molar-refractivity contribution in [1.82, 2.24) is 15.0 Å². The smallest absolute Gasteiger partial charge is 0.358 e. The molecule has 0 aliphatic carbocycles. The Labute approximate surface area is 162 Å². The maximum atomic E-state index is 12.4. The normalized spacial score (nSPS) is 10.9. The van der Waals surface area contributed by atoms with Gasteiger partial charge in [0.1, 0.15) is 11.6 Å². The molecule has 0 radical (unpaired) electrons. The van der Waals surface area contributed by atoms with E-state index < -0.39 is 5.97 Å². The molecular formula is C20H22N4O2S. The Kier molecular flexibility index (Phi) is 5.81. The Balaban J connectivity index is 1.97. The third-order valence-electron chi connectivity index (χ3n) is 3.76. The van der Waals surface area contributed by atoms with Crippen LogP contribution < -0.4 is 5.32 Å². The molecule has 0 aromatic carbocycles. The number of anilines is 2. The summed E-state index contributed by atoms with van der Waals surface area (Å²) in [6.45, 7) is 8.19. The van der Waals surface area contributed by atoms with Crippen LogP contribution in [-0.4, -0.2) is 27.5 Å². The number of rotatable bonds is 6. The van der Waals surface area contributed by atoms with Crippen LogP contribution in [0, 0.1) is 6.92 Å². The standard InChI is InChI=1S/C20H22N4O2S/c1-5-26-20(25)17-18(27-19(24-17)12(2)3)14-7-6-8-15(22-14)23-16-11-13(4)9-10-21-16/h6-12H,5H2,1-4H3,(H,21,22,23). The summed E-state index contributed by atoms with van der Waals surface area (Å²) in [5, 5.41) is 4.09. The molecule has 0 aliphatic heterocycles. The highest BCUT2D eigenvalue weighted by Crippen LogP contribution is 2.33. The average molecular weight is 382 g/mol. The Morgan fingerprint density at radius 1 is 1.22 bits per heavy atom. The largest absolute Gasteiger partial charge is 0.461 e. The highest BCUT2D eigenvalue weighted by molar-refractivity contribution is 7.15. The zero-order valence-corrected chi connectivity index (χ0v) is 16.6. The van der Waals surface area contributed by atoms with E-state index in [2.05, 4.69) is 20.3 Å². The van der Waals surface area contributed by atoms with E-state index >= 15 is 0 Å². The van der Waals surface area contributed by atoms with Crippen molar-refractivity contribution in [1.29, 1.82) is 0 Å². The lowest BCUT2D eigenvalue weighted by Gasteiger charge is -2.07. The van der Waals surface area contributed by atoms with Crippen LogP contribution in [-0.2, 0) is 4.74 Å². The number of nitrogens with one attached hydrogen (secondary N) is 1. The molecule has 6 nitrogen and oxygen atoms in total. The van der Waals surface area contributed by atoms with Crippen molar-refractivity contribution in [2.24, 2.45) is 0 Å². The molecule has 0 fully saturated rings. The molecule has 3 heterocycles. The SMILES string of the molecule is CCOC(=O)c1nc(C(C)C)sc1-c1cccc(Nc2cc(C)ccn2)n1. The number of hydrogen-bond donors (Lipinski definition) is 1. The second-order valence-electron chi connectivity index (χ2n) is 6.36. The van der Waals surface area contributed by atoms with E-state index in [-0.39, 0.29) is 5.92 Å². The highest BCUT2D eigenvalue weighted by Gasteiger charge is 2.22. The summed E-state index contributed by atoms with van der Waals surface area (Å²) in [6, 6.07) is 9.51. The van der Waals surface area contributed by atoms with Crippen molar-refractivity contribution in [3.8, 4) is 10.6 Å². The van der Waals surface area contributed by atoms with E-state index in [0.717, 1.165) is 21.3 Å². The minimum Gasteiger partial charge on any atom is -0.461 e. The highest BCUT2D eigenvalue weighted by atomic mass is 32.1. The van der Waals surface area contributed by atoms with Gasteiger partial charge in [-0.1, -0.05) is 19.9 Å². The average Bonchev–Trinajstić information content (AvgIpc) is 3.08. The molecule has 0 unspecified atom stereocenters. The summed E-state index contributed by atoms with van der Waals surface area (Å²) in [5.41, 5.74) is 2.11. The second kappa shape index (κ2) is 8.26. The Morgan fingerprint density at radius 2 is 2.04 bits per heavy atom. The second-order valence-corrected chi connectivity index (χ2v) is 7.39. The van der Waals surface area contributed by atoms with Gasteiger partial charge in [-0.25, -0.2) is 19.7 Å². The Hall–Kier alpha value is -2.80. The van der Waals surface area contributed by atoms with Crippen LogP contribution >= 0.6 is 11.3 Å². The van der Waals surface area contributed by atoms with Gasteiger partial charge in [-0.05, 0) is 43.7 Å². The van der Waals surface area contributed by atoms with Crippen molar-refractivity contribution < 1.29 is 9.53 Å². The number of carbonyl (C=O) groups excluding carboxylic acids is 1. The molecule has 27 heavy (non-hydrogen) atoms. The lowest BCUT2D eigenvalue weighted by atomic mass is 10.2. The fraction of sp³-hybridized carbons (Fsp3) is 0.300. The molecular weight excluding hydrogens is 360 g/mol. The first-order valence-electron chi connectivity index (χ1n) is 8.83. The molecule has 0 saturated carbocycles. The molecule has 0 saturated heterocycles. The van der Waals surface area contributed by atoms with Gasteiger partial charge in [0.15, 0.2) is 5.69 Å². The summed E-state index contributed by atoms with van der Waals surface area (Å²) in [6.07, 6.45) is 1.75. The number of ether oxygens (including phenoxy) is 1. The van der Waals surface area contributed by atoms with Crippen molar-refractivity contribution in [3.05, 3.63) is 52.8 Å². The molecule has 0 spiro atoms. The first kappa shape index (κ1) is 19.0. The number of pyridine rings is 2. The number of hydrogen-bond acceptors (Lipinski definition) is 7. The van der Waals surface area contributed by atoms with Crippen LogP contribution in [0.3, 0.4) is 0 Å². The zero-order valence-electron chi connectivity index (χ0n) is 15.8. The Bertz CT molecular complexity index is 953. The Morgan fingerprint density at radius 3 is 2.74 bits per heavy atom. The number of aromatic nitrogens is 3. The number of thiazole rings is 1. The van der Waals surface area contributed by atoms with Crippen LogP contribution in [0.15, 0.2) is 36.5 Å². The molecule has 3 rings (SSSR count). The predicted molar refractivity (Wildman–Crippen MR) is 108 cm³/mol. The van der Waals surface area contributed by atoms with E-state index in [0.29, 0.717) is 23.8 Å². The quantitative estimate of drug-likeness (QED) is 0.608. The summed E-state index contributed by atoms with van der Waals surface area (Å²) in [4.78, 5) is 26.5. The first-order chi connectivity index (χ1) is 13.0. The predicted octanol–water partition coefficient (Wildman–Crippen LogP) is 4.95. The van der Waals surface area contributed by atoms with Gasteiger partial charge >= 0.3 is 5.97 Å². The van der Waals surface area contributed by atoms with Crippen molar-refractivity contribution in [3.63, 3.8) is 0 Å². The minimum atomic E-state index is -0.420. The number of carbonyl (C=O) groups is 1.